The molecular formula is C10H15ClO5. The van der Waals surface area contributed by atoms with E-state index in [4.69, 9.17) is 11.6 Å². The van der Waals surface area contributed by atoms with Gasteiger partial charge in [-0.1, -0.05) is 0 Å². The molecule has 0 aromatic heterocycles. The number of rotatable bonds is 7. The summed E-state index contributed by atoms with van der Waals surface area (Å²) < 4.78 is 8.99. The molecule has 0 fully saturated rings. The highest BCUT2D eigenvalue weighted by molar-refractivity contribution is 6.63. The van der Waals surface area contributed by atoms with Crippen LogP contribution in [0.25, 0.3) is 0 Å². The molecule has 0 saturated carbocycles. The topological polar surface area (TPSA) is 69.7 Å². The summed E-state index contributed by atoms with van der Waals surface area (Å²) in [5, 5.41) is -0.486. The lowest BCUT2D eigenvalue weighted by atomic mass is 9.96. The van der Waals surface area contributed by atoms with Gasteiger partial charge in [0.05, 0.1) is 14.2 Å². The van der Waals surface area contributed by atoms with Crippen LogP contribution in [0.1, 0.15) is 25.7 Å². The molecule has 0 saturated heterocycles. The Balaban J connectivity index is 4.20. The molecule has 0 aliphatic carbocycles. The fraction of sp³-hybridized carbons (Fsp3) is 0.700. The second-order valence-electron chi connectivity index (χ2n) is 3.32. The lowest BCUT2D eigenvalue weighted by Crippen LogP contribution is -2.15. The SMILES string of the molecule is COC(=O)CC(CCC(=O)Cl)CC(=O)OC. The normalized spacial score (nSPS) is 10.0. The average Bonchev–Trinajstić information content (AvgIpc) is 2.25. The van der Waals surface area contributed by atoms with Crippen molar-refractivity contribution < 1.29 is 23.9 Å². The van der Waals surface area contributed by atoms with Crippen molar-refractivity contribution in [3.63, 3.8) is 0 Å². The highest BCUT2D eigenvalue weighted by atomic mass is 35.5. The molecule has 16 heavy (non-hydrogen) atoms. The van der Waals surface area contributed by atoms with Crippen LogP contribution in [-0.4, -0.2) is 31.4 Å². The van der Waals surface area contributed by atoms with E-state index in [0.717, 1.165) is 0 Å². The summed E-state index contributed by atoms with van der Waals surface area (Å²) in [5.74, 6) is -1.12. The predicted octanol–water partition coefficient (Wildman–Crippen LogP) is 1.27. The first-order chi connectivity index (χ1) is 7.49. The molecule has 5 nitrogen and oxygen atoms in total. The summed E-state index contributed by atoms with van der Waals surface area (Å²) in [7, 11) is 2.54. The van der Waals surface area contributed by atoms with Crippen LogP contribution in [0.2, 0.25) is 0 Å². The molecule has 0 N–H and O–H groups in total. The fourth-order valence-electron chi connectivity index (χ4n) is 1.23. The Hall–Kier alpha value is -1.10. The Labute approximate surface area is 99.0 Å². The van der Waals surface area contributed by atoms with Crippen molar-refractivity contribution in [2.45, 2.75) is 25.7 Å². The maximum atomic E-state index is 11.0. The maximum Gasteiger partial charge on any atom is 0.305 e. The molecule has 0 aromatic carbocycles. The number of methoxy groups -OCH3 is 2. The Bertz CT molecular complexity index is 246. The summed E-state index contributed by atoms with van der Waals surface area (Å²) in [4.78, 5) is 32.7. The molecule has 0 spiro atoms. The summed E-state index contributed by atoms with van der Waals surface area (Å²) in [6.07, 6.45) is 0.651. The lowest BCUT2D eigenvalue weighted by Gasteiger charge is -2.12. The average molecular weight is 251 g/mol. The number of carbonyl (C=O) groups excluding carboxylic acids is 3. The largest absolute Gasteiger partial charge is 0.469 e. The van der Waals surface area contributed by atoms with E-state index in [1.807, 2.05) is 0 Å². The van der Waals surface area contributed by atoms with Gasteiger partial charge in [0.1, 0.15) is 0 Å². The first kappa shape index (κ1) is 14.9. The molecule has 0 bridgehead atoms. The summed E-state index contributed by atoms with van der Waals surface area (Å²) in [6.45, 7) is 0. The van der Waals surface area contributed by atoms with Crippen molar-refractivity contribution in [1.82, 2.24) is 0 Å². The van der Waals surface area contributed by atoms with Gasteiger partial charge in [0.25, 0.3) is 0 Å². The summed E-state index contributed by atoms with van der Waals surface area (Å²) in [5.41, 5.74) is 0. The van der Waals surface area contributed by atoms with E-state index >= 15 is 0 Å². The van der Waals surface area contributed by atoms with Crippen LogP contribution in [0.5, 0.6) is 0 Å². The fourth-order valence-corrected chi connectivity index (χ4v) is 1.34. The van der Waals surface area contributed by atoms with Gasteiger partial charge in [-0.2, -0.15) is 0 Å². The van der Waals surface area contributed by atoms with E-state index in [1.54, 1.807) is 0 Å². The summed E-state index contributed by atoms with van der Waals surface area (Å²) in [6, 6.07) is 0. The van der Waals surface area contributed by atoms with E-state index < -0.39 is 17.2 Å². The van der Waals surface area contributed by atoms with E-state index in [9.17, 15) is 14.4 Å². The predicted molar refractivity (Wildman–Crippen MR) is 56.9 cm³/mol. The molecule has 0 aliphatic rings. The third-order valence-corrected chi connectivity index (χ3v) is 2.30. The number of hydrogen-bond donors (Lipinski definition) is 0. The smallest absolute Gasteiger partial charge is 0.305 e. The molecule has 6 heteroatoms. The van der Waals surface area contributed by atoms with Gasteiger partial charge in [-0.05, 0) is 23.9 Å². The monoisotopic (exact) mass is 250 g/mol. The van der Waals surface area contributed by atoms with Gasteiger partial charge in [0.2, 0.25) is 5.24 Å². The van der Waals surface area contributed by atoms with Crippen molar-refractivity contribution in [2.75, 3.05) is 14.2 Å². The number of halogens is 1. The van der Waals surface area contributed by atoms with Crippen LogP contribution in [0.15, 0.2) is 0 Å². The highest BCUT2D eigenvalue weighted by Crippen LogP contribution is 2.18. The van der Waals surface area contributed by atoms with Gasteiger partial charge < -0.3 is 9.47 Å². The molecule has 0 heterocycles. The third kappa shape index (κ3) is 7.23. The maximum absolute atomic E-state index is 11.0. The number of ether oxygens (including phenoxy) is 2. The van der Waals surface area contributed by atoms with Gasteiger partial charge in [0.15, 0.2) is 0 Å². The van der Waals surface area contributed by atoms with Crippen molar-refractivity contribution >= 4 is 28.8 Å². The van der Waals surface area contributed by atoms with Crippen LogP contribution >= 0.6 is 11.6 Å². The lowest BCUT2D eigenvalue weighted by molar-refractivity contribution is -0.144. The highest BCUT2D eigenvalue weighted by Gasteiger charge is 2.19. The van der Waals surface area contributed by atoms with E-state index in [2.05, 4.69) is 9.47 Å². The second kappa shape index (κ2) is 8.10. The summed E-state index contributed by atoms with van der Waals surface area (Å²) >= 11 is 5.19. The molecule has 92 valence electrons. The Morgan fingerprint density at radius 1 is 1.06 bits per heavy atom. The molecule has 0 amide bonds. The first-order valence-electron chi connectivity index (χ1n) is 4.81. The van der Waals surface area contributed by atoms with Crippen LogP contribution in [0, 0.1) is 5.92 Å². The minimum Gasteiger partial charge on any atom is -0.469 e. The zero-order valence-electron chi connectivity index (χ0n) is 9.32. The quantitative estimate of drug-likeness (QED) is 0.503. The van der Waals surface area contributed by atoms with Crippen molar-refractivity contribution in [3.05, 3.63) is 0 Å². The van der Waals surface area contributed by atoms with Gasteiger partial charge >= 0.3 is 11.9 Å². The number of esters is 2. The van der Waals surface area contributed by atoms with Gasteiger partial charge in [-0.3, -0.25) is 14.4 Å². The molecule has 0 aromatic rings. The Morgan fingerprint density at radius 3 is 1.81 bits per heavy atom. The zero-order valence-corrected chi connectivity index (χ0v) is 10.1. The van der Waals surface area contributed by atoms with Crippen LogP contribution in [0.4, 0.5) is 0 Å². The van der Waals surface area contributed by atoms with Crippen LogP contribution in [0.3, 0.4) is 0 Å². The van der Waals surface area contributed by atoms with Gasteiger partial charge in [-0.25, -0.2) is 0 Å². The third-order valence-electron chi connectivity index (χ3n) is 2.12. The van der Waals surface area contributed by atoms with Gasteiger partial charge in [-0.15, -0.1) is 0 Å². The minimum atomic E-state index is -0.486. The minimum absolute atomic E-state index is 0.0791. The molecular weight excluding hydrogens is 236 g/mol. The number of carbonyl (C=O) groups is 3. The molecule has 0 aliphatic heterocycles. The second-order valence-corrected chi connectivity index (χ2v) is 3.74. The standard InChI is InChI=1S/C10H15ClO5/c1-15-9(13)5-7(3-4-8(11)12)6-10(14)16-2/h7H,3-6H2,1-2H3. The van der Waals surface area contributed by atoms with Crippen LogP contribution < -0.4 is 0 Å². The van der Waals surface area contributed by atoms with Crippen molar-refractivity contribution in [3.8, 4) is 0 Å². The van der Waals surface area contributed by atoms with Crippen LogP contribution in [-0.2, 0) is 23.9 Å². The Morgan fingerprint density at radius 2 is 1.50 bits per heavy atom. The van der Waals surface area contributed by atoms with E-state index in [1.165, 1.54) is 14.2 Å². The van der Waals surface area contributed by atoms with E-state index in [0.29, 0.717) is 6.42 Å². The van der Waals surface area contributed by atoms with Crippen molar-refractivity contribution in [1.29, 1.82) is 0 Å². The van der Waals surface area contributed by atoms with Crippen molar-refractivity contribution in [2.24, 2.45) is 5.92 Å². The molecule has 0 radical (unpaired) electrons. The first-order valence-corrected chi connectivity index (χ1v) is 5.19. The van der Waals surface area contributed by atoms with Gasteiger partial charge in [0, 0.05) is 19.3 Å². The number of hydrogen-bond acceptors (Lipinski definition) is 5. The van der Waals surface area contributed by atoms with E-state index in [-0.39, 0.29) is 25.2 Å². The zero-order chi connectivity index (χ0) is 12.6. The Kier molecular flexibility index (Phi) is 7.54. The molecule has 0 atom stereocenters. The molecule has 0 rings (SSSR count). The molecule has 0 unspecified atom stereocenters.